The lowest BCUT2D eigenvalue weighted by molar-refractivity contribution is 0.263. The van der Waals surface area contributed by atoms with E-state index in [1.54, 1.807) is 6.07 Å². The Labute approximate surface area is 91.8 Å². The molecule has 16 heavy (non-hydrogen) atoms. The lowest BCUT2D eigenvalue weighted by Gasteiger charge is -2.05. The van der Waals surface area contributed by atoms with Gasteiger partial charge in [-0.1, -0.05) is 0 Å². The van der Waals surface area contributed by atoms with Crippen molar-refractivity contribution in [1.82, 2.24) is 4.98 Å². The average Bonchev–Trinajstić information content (AvgIpc) is 3.10. The number of benzene rings is 1. The highest BCUT2D eigenvalue weighted by Gasteiger charge is 2.22. The molecule has 1 N–H and O–H groups in total. The molecule has 0 radical (unpaired) electrons. The fraction of sp³-hybridized carbons (Fsp3) is 0.250. The number of aromatic amines is 1. The molecule has 2 heterocycles. The van der Waals surface area contributed by atoms with Crippen LogP contribution in [0.2, 0.25) is 0 Å². The number of fused-ring (bicyclic) bond motifs is 1. The van der Waals surface area contributed by atoms with Gasteiger partial charge in [-0.15, -0.1) is 0 Å². The van der Waals surface area contributed by atoms with Crippen LogP contribution in [-0.2, 0) is 4.74 Å². The highest BCUT2D eigenvalue weighted by Crippen LogP contribution is 2.19. The van der Waals surface area contributed by atoms with E-state index >= 15 is 0 Å². The molecule has 0 bridgehead atoms. The molecule has 0 spiro atoms. The summed E-state index contributed by atoms with van der Waals surface area (Å²) >= 11 is 0. The molecule has 1 fully saturated rings. The molecule has 0 amide bonds. The molecule has 1 aliphatic rings. The summed E-state index contributed by atoms with van der Waals surface area (Å²) in [5.41, 5.74) is 0.732. The molecule has 4 nitrogen and oxygen atoms in total. The third kappa shape index (κ3) is 1.92. The lowest BCUT2D eigenvalue weighted by Crippen LogP contribution is -2.05. The van der Waals surface area contributed by atoms with Crippen LogP contribution in [0.15, 0.2) is 35.1 Å². The summed E-state index contributed by atoms with van der Waals surface area (Å²) in [5, 5.41) is 0.966. The van der Waals surface area contributed by atoms with Crippen LogP contribution in [0.3, 0.4) is 0 Å². The Hall–Kier alpha value is -1.81. The molecule has 0 saturated carbocycles. The number of epoxide rings is 1. The highest BCUT2D eigenvalue weighted by atomic mass is 16.6. The Bertz CT molecular complexity index is 572. The van der Waals surface area contributed by atoms with Crippen LogP contribution >= 0.6 is 0 Å². The monoisotopic (exact) mass is 217 g/mol. The van der Waals surface area contributed by atoms with Gasteiger partial charge >= 0.3 is 0 Å². The second kappa shape index (κ2) is 3.64. The van der Waals surface area contributed by atoms with Crippen molar-refractivity contribution in [2.75, 3.05) is 13.2 Å². The largest absolute Gasteiger partial charge is 0.491 e. The van der Waals surface area contributed by atoms with Crippen LogP contribution in [-0.4, -0.2) is 24.3 Å². The average molecular weight is 217 g/mol. The van der Waals surface area contributed by atoms with E-state index in [-0.39, 0.29) is 11.7 Å². The first kappa shape index (κ1) is 9.42. The third-order valence-electron chi connectivity index (χ3n) is 2.53. The van der Waals surface area contributed by atoms with E-state index in [2.05, 4.69) is 4.98 Å². The van der Waals surface area contributed by atoms with Crippen LogP contribution in [0.1, 0.15) is 0 Å². The Morgan fingerprint density at radius 1 is 1.38 bits per heavy atom. The van der Waals surface area contributed by atoms with E-state index in [1.165, 1.54) is 6.07 Å². The lowest BCUT2D eigenvalue weighted by atomic mass is 10.2. The van der Waals surface area contributed by atoms with Gasteiger partial charge < -0.3 is 14.5 Å². The van der Waals surface area contributed by atoms with Gasteiger partial charge in [-0.2, -0.15) is 0 Å². The number of H-pyrrole nitrogens is 1. The summed E-state index contributed by atoms with van der Waals surface area (Å²) in [6, 6.07) is 8.90. The van der Waals surface area contributed by atoms with Crippen LogP contribution < -0.4 is 10.3 Å². The van der Waals surface area contributed by atoms with Gasteiger partial charge in [0.1, 0.15) is 18.5 Å². The van der Waals surface area contributed by atoms with E-state index < -0.39 is 0 Å². The van der Waals surface area contributed by atoms with Crippen LogP contribution in [0, 0.1) is 0 Å². The van der Waals surface area contributed by atoms with E-state index in [9.17, 15) is 4.79 Å². The minimum atomic E-state index is -0.0902. The number of pyridine rings is 1. The third-order valence-corrected chi connectivity index (χ3v) is 2.53. The molecule has 0 aliphatic carbocycles. The number of aromatic nitrogens is 1. The van der Waals surface area contributed by atoms with Crippen molar-refractivity contribution in [1.29, 1.82) is 0 Å². The van der Waals surface area contributed by atoms with Gasteiger partial charge in [0.25, 0.3) is 0 Å². The molecule has 1 saturated heterocycles. The predicted octanol–water partition coefficient (Wildman–Crippen LogP) is 1.31. The Balaban J connectivity index is 1.89. The minimum absolute atomic E-state index is 0.0902. The van der Waals surface area contributed by atoms with Gasteiger partial charge in [0.2, 0.25) is 5.56 Å². The fourth-order valence-electron chi connectivity index (χ4n) is 1.58. The second-order valence-electron chi connectivity index (χ2n) is 3.84. The van der Waals surface area contributed by atoms with E-state index in [0.29, 0.717) is 6.61 Å². The zero-order chi connectivity index (χ0) is 11.0. The molecule has 1 atom stereocenters. The van der Waals surface area contributed by atoms with Gasteiger partial charge in [-0.25, -0.2) is 0 Å². The number of ether oxygens (including phenoxy) is 2. The summed E-state index contributed by atoms with van der Waals surface area (Å²) < 4.78 is 10.6. The van der Waals surface area contributed by atoms with E-state index in [4.69, 9.17) is 9.47 Å². The van der Waals surface area contributed by atoms with Crippen molar-refractivity contribution < 1.29 is 9.47 Å². The SMILES string of the molecule is O=c1ccc2cc(OC[C@@H]3CO3)ccc2[nH]1. The van der Waals surface area contributed by atoms with Crippen molar-refractivity contribution in [3.05, 3.63) is 40.7 Å². The highest BCUT2D eigenvalue weighted by molar-refractivity contribution is 5.79. The predicted molar refractivity (Wildman–Crippen MR) is 59.8 cm³/mol. The maximum Gasteiger partial charge on any atom is 0.248 e. The first-order chi connectivity index (χ1) is 7.81. The molecule has 2 aromatic rings. The van der Waals surface area contributed by atoms with Crippen molar-refractivity contribution in [2.24, 2.45) is 0 Å². The summed E-state index contributed by atoms with van der Waals surface area (Å²) in [6.45, 7) is 1.38. The van der Waals surface area contributed by atoms with Crippen molar-refractivity contribution in [3.8, 4) is 5.75 Å². The Morgan fingerprint density at radius 2 is 2.25 bits per heavy atom. The van der Waals surface area contributed by atoms with E-state index in [1.807, 2.05) is 18.2 Å². The number of hydrogen-bond donors (Lipinski definition) is 1. The summed E-state index contributed by atoms with van der Waals surface area (Å²) in [6.07, 6.45) is 0.256. The quantitative estimate of drug-likeness (QED) is 0.788. The first-order valence-corrected chi connectivity index (χ1v) is 5.19. The molecule has 82 valence electrons. The zero-order valence-corrected chi connectivity index (χ0v) is 8.60. The smallest absolute Gasteiger partial charge is 0.248 e. The normalized spacial score (nSPS) is 18.6. The maximum absolute atomic E-state index is 11.1. The van der Waals surface area contributed by atoms with Gasteiger partial charge in [0, 0.05) is 17.0 Å². The fourth-order valence-corrected chi connectivity index (χ4v) is 1.58. The number of rotatable bonds is 3. The Kier molecular flexibility index (Phi) is 2.15. The maximum atomic E-state index is 11.1. The molecule has 3 rings (SSSR count). The van der Waals surface area contributed by atoms with Crippen molar-refractivity contribution in [3.63, 3.8) is 0 Å². The second-order valence-corrected chi connectivity index (χ2v) is 3.84. The first-order valence-electron chi connectivity index (χ1n) is 5.19. The van der Waals surface area contributed by atoms with Crippen LogP contribution in [0.25, 0.3) is 10.9 Å². The summed E-state index contributed by atoms with van der Waals surface area (Å²) in [7, 11) is 0. The Morgan fingerprint density at radius 3 is 3.06 bits per heavy atom. The summed E-state index contributed by atoms with van der Waals surface area (Å²) in [4.78, 5) is 13.8. The molecular weight excluding hydrogens is 206 g/mol. The van der Waals surface area contributed by atoms with Crippen LogP contribution in [0.5, 0.6) is 5.75 Å². The van der Waals surface area contributed by atoms with Gasteiger partial charge in [-0.05, 0) is 24.3 Å². The van der Waals surface area contributed by atoms with Gasteiger partial charge in [0.15, 0.2) is 0 Å². The van der Waals surface area contributed by atoms with Crippen LogP contribution in [0.4, 0.5) is 0 Å². The topological polar surface area (TPSA) is 54.6 Å². The molecular formula is C12H11NO3. The molecule has 4 heteroatoms. The molecule has 1 aromatic carbocycles. The summed E-state index contributed by atoms with van der Waals surface area (Å²) in [5.74, 6) is 0.801. The zero-order valence-electron chi connectivity index (χ0n) is 8.60. The minimum Gasteiger partial charge on any atom is -0.491 e. The van der Waals surface area contributed by atoms with Gasteiger partial charge in [0.05, 0.1) is 6.61 Å². The van der Waals surface area contributed by atoms with E-state index in [0.717, 1.165) is 23.3 Å². The number of nitrogens with one attached hydrogen (secondary N) is 1. The number of hydrogen-bond acceptors (Lipinski definition) is 3. The van der Waals surface area contributed by atoms with Gasteiger partial charge in [-0.3, -0.25) is 4.79 Å². The van der Waals surface area contributed by atoms with Crippen molar-refractivity contribution >= 4 is 10.9 Å². The van der Waals surface area contributed by atoms with Crippen molar-refractivity contribution in [2.45, 2.75) is 6.10 Å². The molecule has 1 aliphatic heterocycles. The standard InChI is InChI=1S/C12H11NO3/c14-12-4-1-8-5-9(2-3-11(8)13-12)15-6-10-7-16-10/h1-5,10H,6-7H2,(H,13,14)/t10-/m1/s1. The molecule has 1 aromatic heterocycles. The molecule has 0 unspecified atom stereocenters.